The molecule has 6 rings (SSSR count). The highest BCUT2D eigenvalue weighted by molar-refractivity contribution is 5.85. The quantitative estimate of drug-likeness (QED) is 0.352. The molecule has 0 saturated heterocycles. The molecule has 3 aromatic carbocycles. The maximum atomic E-state index is 9.73. The Balaban J connectivity index is 1.17. The number of benzene rings is 3. The van der Waals surface area contributed by atoms with Gasteiger partial charge in [-0.05, 0) is 47.6 Å². The van der Waals surface area contributed by atoms with Crippen LogP contribution < -0.4 is 0 Å². The van der Waals surface area contributed by atoms with E-state index in [1.54, 1.807) is 0 Å². The first-order valence-corrected chi connectivity index (χ1v) is 12.4. The molecule has 0 spiro atoms. The molecule has 0 amide bonds. The van der Waals surface area contributed by atoms with Crippen LogP contribution >= 0.6 is 0 Å². The normalized spacial score (nSPS) is 20.3. The Labute approximate surface area is 210 Å². The first kappa shape index (κ1) is 22.7. The fraction of sp³-hybridized carbons (Fsp3) is 0.267. The Morgan fingerprint density at radius 1 is 0.889 bits per heavy atom. The summed E-state index contributed by atoms with van der Waals surface area (Å²) in [5.74, 6) is 0.0956. The van der Waals surface area contributed by atoms with Gasteiger partial charge in [-0.2, -0.15) is 5.10 Å². The van der Waals surface area contributed by atoms with Gasteiger partial charge in [0.1, 0.15) is 0 Å². The molecule has 2 heterocycles. The van der Waals surface area contributed by atoms with Gasteiger partial charge in [-0.15, -0.1) is 0 Å². The van der Waals surface area contributed by atoms with Crippen LogP contribution in [0.3, 0.4) is 0 Å². The highest BCUT2D eigenvalue weighted by Gasteiger charge is 2.50. The Kier molecular flexibility index (Phi) is 5.70. The molecule has 1 aromatic heterocycles. The zero-order valence-corrected chi connectivity index (χ0v) is 20.2. The molecule has 1 aliphatic carbocycles. The van der Waals surface area contributed by atoms with Gasteiger partial charge in [0.2, 0.25) is 0 Å². The number of aliphatic hydroxyl groups is 2. The predicted molar refractivity (Wildman–Crippen MR) is 139 cm³/mol. The maximum absolute atomic E-state index is 9.73. The van der Waals surface area contributed by atoms with Crippen LogP contribution in [0.25, 0.3) is 22.3 Å². The highest BCUT2D eigenvalue weighted by atomic mass is 16.6. The molecule has 2 unspecified atom stereocenters. The van der Waals surface area contributed by atoms with E-state index in [0.717, 1.165) is 51.9 Å². The molecule has 6 nitrogen and oxygen atoms in total. The van der Waals surface area contributed by atoms with Crippen LogP contribution in [0.15, 0.2) is 96.4 Å². The van der Waals surface area contributed by atoms with Crippen molar-refractivity contribution in [2.75, 3.05) is 0 Å². The van der Waals surface area contributed by atoms with E-state index in [-0.39, 0.29) is 12.0 Å². The molecule has 2 aliphatic rings. The standard InChI is InChI=1S/C30H29N3O3/c1-20-27(19-33-18-25(17-31-33)21-5-3-2-4-6-21)28(36-32-20)24-9-7-22(8-10-24)23-11-13-26(14-12-23)30(15-16-30)29(34)35/h2-14,17-18,27-29,34-35H,15-16,19H2,1H3. The summed E-state index contributed by atoms with van der Waals surface area (Å²) in [6, 6.07) is 26.8. The molecular formula is C30H29N3O3. The monoisotopic (exact) mass is 479 g/mol. The number of aromatic nitrogens is 2. The van der Waals surface area contributed by atoms with Crippen molar-refractivity contribution in [2.24, 2.45) is 11.1 Å². The second kappa shape index (κ2) is 9.04. The number of nitrogens with zero attached hydrogens (tertiary/aromatic N) is 3. The van der Waals surface area contributed by atoms with Gasteiger partial charge >= 0.3 is 0 Å². The fourth-order valence-electron chi connectivity index (χ4n) is 5.16. The van der Waals surface area contributed by atoms with E-state index >= 15 is 0 Å². The number of oxime groups is 1. The Morgan fingerprint density at radius 2 is 1.53 bits per heavy atom. The SMILES string of the molecule is CC1=NOC(c2ccc(-c3ccc(C4(C(O)O)CC4)cc3)cc2)C1Cn1cc(-c2ccccc2)cn1. The number of hydrogen-bond donors (Lipinski definition) is 2. The lowest BCUT2D eigenvalue weighted by Gasteiger charge is -2.19. The zero-order valence-electron chi connectivity index (χ0n) is 20.2. The van der Waals surface area contributed by atoms with Crippen LogP contribution in [0.1, 0.15) is 37.0 Å². The molecule has 4 aromatic rings. The number of hydrogen-bond acceptors (Lipinski definition) is 5. The molecule has 0 radical (unpaired) electrons. The van der Waals surface area contributed by atoms with E-state index < -0.39 is 11.7 Å². The van der Waals surface area contributed by atoms with Crippen LogP contribution in [-0.4, -0.2) is 32.0 Å². The van der Waals surface area contributed by atoms with Crippen molar-refractivity contribution in [1.29, 1.82) is 0 Å². The van der Waals surface area contributed by atoms with Crippen molar-refractivity contribution in [2.45, 2.75) is 44.1 Å². The first-order chi connectivity index (χ1) is 17.5. The van der Waals surface area contributed by atoms with Gasteiger partial charge < -0.3 is 15.1 Å². The van der Waals surface area contributed by atoms with Crippen molar-refractivity contribution < 1.29 is 15.1 Å². The number of aliphatic hydroxyl groups excluding tert-OH is 1. The van der Waals surface area contributed by atoms with Crippen LogP contribution in [0.5, 0.6) is 0 Å². The molecular weight excluding hydrogens is 450 g/mol. The van der Waals surface area contributed by atoms with Gasteiger partial charge in [0.05, 0.1) is 24.4 Å². The van der Waals surface area contributed by atoms with E-state index in [1.165, 1.54) is 0 Å². The lowest BCUT2D eigenvalue weighted by molar-refractivity contribution is -0.0694. The Morgan fingerprint density at radius 3 is 2.17 bits per heavy atom. The zero-order chi connectivity index (χ0) is 24.7. The molecule has 6 heteroatoms. The van der Waals surface area contributed by atoms with Crippen LogP contribution in [0, 0.1) is 5.92 Å². The minimum atomic E-state index is -1.31. The smallest absolute Gasteiger partial charge is 0.162 e. The van der Waals surface area contributed by atoms with E-state index in [4.69, 9.17) is 4.84 Å². The van der Waals surface area contributed by atoms with Crippen molar-refractivity contribution in [3.8, 4) is 22.3 Å². The third kappa shape index (κ3) is 4.12. The molecule has 1 aliphatic heterocycles. The summed E-state index contributed by atoms with van der Waals surface area (Å²) >= 11 is 0. The largest absolute Gasteiger partial charge is 0.387 e. The van der Waals surface area contributed by atoms with E-state index in [2.05, 4.69) is 65.0 Å². The number of rotatable bonds is 7. The summed E-state index contributed by atoms with van der Waals surface area (Å²) in [7, 11) is 0. The predicted octanol–water partition coefficient (Wildman–Crippen LogP) is 5.32. The second-order valence-electron chi connectivity index (χ2n) is 9.91. The maximum Gasteiger partial charge on any atom is 0.162 e. The third-order valence-corrected chi connectivity index (χ3v) is 7.65. The average molecular weight is 480 g/mol. The third-order valence-electron chi connectivity index (χ3n) is 7.65. The van der Waals surface area contributed by atoms with Gasteiger partial charge in [0.15, 0.2) is 12.4 Å². The van der Waals surface area contributed by atoms with Gasteiger partial charge in [-0.3, -0.25) is 4.68 Å². The van der Waals surface area contributed by atoms with Crippen molar-refractivity contribution in [1.82, 2.24) is 9.78 Å². The van der Waals surface area contributed by atoms with Crippen LogP contribution in [0.2, 0.25) is 0 Å². The summed E-state index contributed by atoms with van der Waals surface area (Å²) in [5.41, 5.74) is 7.00. The molecule has 1 fully saturated rings. The van der Waals surface area contributed by atoms with Gasteiger partial charge in [-0.25, -0.2) is 0 Å². The van der Waals surface area contributed by atoms with Gasteiger partial charge in [0, 0.05) is 17.2 Å². The second-order valence-corrected chi connectivity index (χ2v) is 9.91. The van der Waals surface area contributed by atoms with Crippen LogP contribution in [0.4, 0.5) is 0 Å². The Bertz CT molecular complexity index is 1370. The van der Waals surface area contributed by atoms with Gasteiger partial charge in [0.25, 0.3) is 0 Å². The molecule has 182 valence electrons. The topological polar surface area (TPSA) is 79.9 Å². The summed E-state index contributed by atoms with van der Waals surface area (Å²) < 4.78 is 1.97. The summed E-state index contributed by atoms with van der Waals surface area (Å²) in [4.78, 5) is 5.86. The lowest BCUT2D eigenvalue weighted by atomic mass is 9.90. The summed E-state index contributed by atoms with van der Waals surface area (Å²) in [6.07, 6.45) is 4.14. The first-order valence-electron chi connectivity index (χ1n) is 12.4. The molecule has 36 heavy (non-hydrogen) atoms. The molecule has 0 bridgehead atoms. The van der Waals surface area contributed by atoms with Crippen molar-refractivity contribution in [3.05, 3.63) is 102 Å². The van der Waals surface area contributed by atoms with Crippen molar-refractivity contribution in [3.63, 3.8) is 0 Å². The average Bonchev–Trinajstić information content (AvgIpc) is 3.48. The molecule has 2 N–H and O–H groups in total. The van der Waals surface area contributed by atoms with E-state index in [1.807, 2.05) is 48.1 Å². The van der Waals surface area contributed by atoms with Gasteiger partial charge in [-0.1, -0.05) is 84.0 Å². The highest BCUT2D eigenvalue weighted by Crippen LogP contribution is 2.50. The minimum Gasteiger partial charge on any atom is -0.387 e. The Hall–Kier alpha value is -3.74. The van der Waals surface area contributed by atoms with Crippen molar-refractivity contribution >= 4 is 5.71 Å². The fourth-order valence-corrected chi connectivity index (χ4v) is 5.16. The molecule has 2 atom stereocenters. The van der Waals surface area contributed by atoms with Crippen LogP contribution in [-0.2, 0) is 16.8 Å². The minimum absolute atomic E-state index is 0.0956. The summed E-state index contributed by atoms with van der Waals surface area (Å²) in [5, 5.41) is 28.4. The molecule has 1 saturated carbocycles. The summed E-state index contributed by atoms with van der Waals surface area (Å²) in [6.45, 7) is 2.70. The lowest BCUT2D eigenvalue weighted by Crippen LogP contribution is -2.25. The van der Waals surface area contributed by atoms with E-state index in [0.29, 0.717) is 6.54 Å². The van der Waals surface area contributed by atoms with E-state index in [9.17, 15) is 10.2 Å².